The van der Waals surface area contributed by atoms with E-state index in [1.54, 1.807) is 11.0 Å². The lowest BCUT2D eigenvalue weighted by Crippen LogP contribution is -2.45. The van der Waals surface area contributed by atoms with Crippen LogP contribution in [-0.2, 0) is 11.2 Å². The molecule has 0 bridgehead atoms. The minimum atomic E-state index is 0.103. The van der Waals surface area contributed by atoms with E-state index in [1.165, 1.54) is 19.3 Å². The van der Waals surface area contributed by atoms with Crippen LogP contribution in [0.2, 0.25) is 0 Å². The van der Waals surface area contributed by atoms with Gasteiger partial charge in [0.25, 0.3) is 0 Å². The average Bonchev–Trinajstić information content (AvgIpc) is 3.11. The number of aromatic nitrogens is 4. The third kappa shape index (κ3) is 4.85. The fourth-order valence-corrected chi connectivity index (χ4v) is 3.57. The molecular formula is C18H26N6O. The van der Waals surface area contributed by atoms with Gasteiger partial charge in [-0.25, -0.2) is 4.68 Å². The van der Waals surface area contributed by atoms with Crippen molar-refractivity contribution in [2.75, 3.05) is 20.6 Å². The molecule has 1 fully saturated rings. The molecule has 3 rings (SSSR count). The van der Waals surface area contributed by atoms with Crippen molar-refractivity contribution < 1.29 is 4.79 Å². The summed E-state index contributed by atoms with van der Waals surface area (Å²) in [4.78, 5) is 14.7. The highest BCUT2D eigenvalue weighted by atomic mass is 16.1. The number of nitrogens with zero attached hydrogens (tertiary/aromatic N) is 5. The van der Waals surface area contributed by atoms with Gasteiger partial charge >= 0.3 is 0 Å². The minimum absolute atomic E-state index is 0.103. The lowest BCUT2D eigenvalue weighted by atomic mass is 9.84. The van der Waals surface area contributed by atoms with E-state index >= 15 is 0 Å². The fourth-order valence-electron chi connectivity index (χ4n) is 3.57. The molecule has 0 radical (unpaired) electrons. The van der Waals surface area contributed by atoms with Gasteiger partial charge in [0.15, 0.2) is 0 Å². The Morgan fingerprint density at radius 1 is 1.24 bits per heavy atom. The van der Waals surface area contributed by atoms with Crippen molar-refractivity contribution in [3.63, 3.8) is 0 Å². The first-order valence-corrected chi connectivity index (χ1v) is 8.88. The molecule has 2 unspecified atom stereocenters. The monoisotopic (exact) mass is 342 g/mol. The molecule has 1 heterocycles. The summed E-state index contributed by atoms with van der Waals surface area (Å²) in [6, 6.07) is 8.05. The summed E-state index contributed by atoms with van der Waals surface area (Å²) in [5.74, 6) is 0.653. The second kappa shape index (κ2) is 8.20. The Morgan fingerprint density at radius 2 is 2.00 bits per heavy atom. The van der Waals surface area contributed by atoms with Crippen molar-refractivity contribution in [3.05, 3.63) is 36.2 Å². The van der Waals surface area contributed by atoms with E-state index in [0.717, 1.165) is 24.2 Å². The zero-order valence-corrected chi connectivity index (χ0v) is 14.9. The summed E-state index contributed by atoms with van der Waals surface area (Å²) in [6.45, 7) is 1.03. The van der Waals surface area contributed by atoms with Crippen LogP contribution in [0.4, 0.5) is 0 Å². The normalized spacial score (nSPS) is 20.6. The zero-order valence-electron chi connectivity index (χ0n) is 14.9. The van der Waals surface area contributed by atoms with E-state index in [0.29, 0.717) is 18.4 Å². The summed E-state index contributed by atoms with van der Waals surface area (Å²) in [7, 11) is 4.19. The number of hydrogen-bond donors (Lipinski definition) is 1. The summed E-state index contributed by atoms with van der Waals surface area (Å²) in [5.41, 5.74) is 1.88. The molecule has 1 aromatic heterocycles. The van der Waals surface area contributed by atoms with Gasteiger partial charge in [0.1, 0.15) is 6.33 Å². The molecule has 1 N–H and O–H groups in total. The van der Waals surface area contributed by atoms with Crippen LogP contribution < -0.4 is 5.32 Å². The van der Waals surface area contributed by atoms with Crippen molar-refractivity contribution in [3.8, 4) is 5.69 Å². The Balaban J connectivity index is 1.56. The molecule has 1 saturated carbocycles. The van der Waals surface area contributed by atoms with Crippen LogP contribution in [0.25, 0.3) is 5.69 Å². The van der Waals surface area contributed by atoms with Crippen LogP contribution in [0.15, 0.2) is 30.6 Å². The Labute approximate surface area is 148 Å². The van der Waals surface area contributed by atoms with Crippen molar-refractivity contribution in [1.82, 2.24) is 30.4 Å². The predicted molar refractivity (Wildman–Crippen MR) is 95.3 cm³/mol. The Kier molecular flexibility index (Phi) is 5.75. The maximum Gasteiger partial charge on any atom is 0.224 e. The van der Waals surface area contributed by atoms with Crippen molar-refractivity contribution in [1.29, 1.82) is 0 Å². The van der Waals surface area contributed by atoms with E-state index in [1.807, 2.05) is 24.3 Å². The van der Waals surface area contributed by atoms with Crippen molar-refractivity contribution >= 4 is 5.91 Å². The first-order valence-electron chi connectivity index (χ1n) is 8.88. The lowest BCUT2D eigenvalue weighted by molar-refractivity contribution is -0.121. The van der Waals surface area contributed by atoms with E-state index in [-0.39, 0.29) is 5.91 Å². The molecule has 0 aliphatic heterocycles. The largest absolute Gasteiger partial charge is 0.353 e. The number of nitrogens with one attached hydrogen (secondary N) is 1. The maximum absolute atomic E-state index is 12.5. The van der Waals surface area contributed by atoms with E-state index in [9.17, 15) is 4.79 Å². The van der Waals surface area contributed by atoms with E-state index < -0.39 is 0 Å². The maximum atomic E-state index is 12.5. The molecule has 2 atom stereocenters. The van der Waals surface area contributed by atoms with Gasteiger partial charge in [0.2, 0.25) is 5.91 Å². The lowest BCUT2D eigenvalue weighted by Gasteiger charge is -2.34. The van der Waals surface area contributed by atoms with Gasteiger partial charge in [-0.1, -0.05) is 25.0 Å². The standard InChI is InChI=1S/C18H26N6O/c1-23(2)12-15-5-3-4-6-17(15)20-18(25)11-14-7-9-16(10-8-14)24-13-19-21-22-24/h7-10,13,15,17H,3-6,11-12H2,1-2H3,(H,20,25). The van der Waals surface area contributed by atoms with Crippen LogP contribution in [0.5, 0.6) is 0 Å². The van der Waals surface area contributed by atoms with Gasteiger partial charge in [-0.3, -0.25) is 4.79 Å². The number of hydrogen-bond acceptors (Lipinski definition) is 5. The first kappa shape index (κ1) is 17.5. The Morgan fingerprint density at radius 3 is 2.68 bits per heavy atom. The van der Waals surface area contributed by atoms with Gasteiger partial charge in [-0.2, -0.15) is 0 Å². The van der Waals surface area contributed by atoms with Crippen LogP contribution in [-0.4, -0.2) is 57.7 Å². The summed E-state index contributed by atoms with van der Waals surface area (Å²) >= 11 is 0. The van der Waals surface area contributed by atoms with E-state index in [2.05, 4.69) is 39.8 Å². The second-order valence-corrected chi connectivity index (χ2v) is 7.08. The Bertz CT molecular complexity index is 667. The summed E-state index contributed by atoms with van der Waals surface area (Å²) in [5, 5.41) is 14.4. The molecule has 2 aromatic rings. The number of carbonyl (C=O) groups excluding carboxylic acids is 1. The zero-order chi connectivity index (χ0) is 17.6. The van der Waals surface area contributed by atoms with Crippen molar-refractivity contribution in [2.45, 2.75) is 38.1 Å². The molecular weight excluding hydrogens is 316 g/mol. The van der Waals surface area contributed by atoms with Gasteiger partial charge < -0.3 is 10.2 Å². The molecule has 1 aliphatic carbocycles. The third-order valence-electron chi connectivity index (χ3n) is 4.77. The molecule has 1 aromatic carbocycles. The van der Waals surface area contributed by atoms with Gasteiger partial charge in [0, 0.05) is 12.6 Å². The second-order valence-electron chi connectivity index (χ2n) is 7.08. The molecule has 7 nitrogen and oxygen atoms in total. The first-order chi connectivity index (χ1) is 12.1. The number of benzene rings is 1. The number of rotatable bonds is 6. The number of carbonyl (C=O) groups is 1. The fraction of sp³-hybridized carbons (Fsp3) is 0.556. The summed E-state index contributed by atoms with van der Waals surface area (Å²) < 4.78 is 1.59. The van der Waals surface area contributed by atoms with Crippen LogP contribution in [0.3, 0.4) is 0 Å². The molecule has 7 heteroatoms. The van der Waals surface area contributed by atoms with Gasteiger partial charge in [0.05, 0.1) is 12.1 Å². The highest BCUT2D eigenvalue weighted by Gasteiger charge is 2.26. The average molecular weight is 342 g/mol. The quantitative estimate of drug-likeness (QED) is 0.860. The molecule has 0 spiro atoms. The molecule has 1 aliphatic rings. The van der Waals surface area contributed by atoms with E-state index in [4.69, 9.17) is 0 Å². The smallest absolute Gasteiger partial charge is 0.224 e. The van der Waals surface area contributed by atoms with Crippen LogP contribution in [0, 0.1) is 5.92 Å². The molecule has 25 heavy (non-hydrogen) atoms. The summed E-state index contributed by atoms with van der Waals surface area (Å²) in [6.07, 6.45) is 6.71. The van der Waals surface area contributed by atoms with Gasteiger partial charge in [-0.05, 0) is 61.0 Å². The SMILES string of the molecule is CN(C)CC1CCCCC1NC(=O)Cc1ccc(-n2cnnn2)cc1. The van der Waals surface area contributed by atoms with Crippen molar-refractivity contribution in [2.24, 2.45) is 5.92 Å². The molecule has 1 amide bonds. The number of amides is 1. The minimum Gasteiger partial charge on any atom is -0.353 e. The highest BCUT2D eigenvalue weighted by Crippen LogP contribution is 2.25. The van der Waals surface area contributed by atoms with Crippen LogP contribution >= 0.6 is 0 Å². The Hall–Kier alpha value is -2.28. The van der Waals surface area contributed by atoms with Gasteiger partial charge in [-0.15, -0.1) is 5.10 Å². The van der Waals surface area contributed by atoms with Crippen LogP contribution in [0.1, 0.15) is 31.2 Å². The highest BCUT2D eigenvalue weighted by molar-refractivity contribution is 5.79. The predicted octanol–water partition coefficient (Wildman–Crippen LogP) is 1.44. The molecule has 134 valence electrons. The number of tetrazole rings is 1. The third-order valence-corrected chi connectivity index (χ3v) is 4.77. The topological polar surface area (TPSA) is 75.9 Å². The molecule has 0 saturated heterocycles.